The summed E-state index contributed by atoms with van der Waals surface area (Å²) in [6.45, 7) is 5.29. The van der Waals surface area contributed by atoms with Crippen LogP contribution in [0.4, 0.5) is 10.5 Å². The van der Waals surface area contributed by atoms with E-state index in [9.17, 15) is 14.7 Å². The van der Waals surface area contributed by atoms with E-state index in [0.29, 0.717) is 6.42 Å². The molecule has 1 fully saturated rings. The highest BCUT2D eigenvalue weighted by molar-refractivity contribution is 5.84. The molecule has 122 valence electrons. The van der Waals surface area contributed by atoms with Crippen LogP contribution in [0, 0.1) is 0 Å². The normalized spacial score (nSPS) is 22.2. The van der Waals surface area contributed by atoms with Crippen molar-refractivity contribution < 1.29 is 14.6 Å². The molecule has 0 bridgehead atoms. The Hall–Kier alpha value is -1.82. The number of hydrogen-bond acceptors (Lipinski definition) is 4. The van der Waals surface area contributed by atoms with Gasteiger partial charge in [0.2, 0.25) is 0 Å². The molecule has 0 aliphatic heterocycles. The van der Waals surface area contributed by atoms with Gasteiger partial charge in [-0.2, -0.15) is 0 Å². The predicted octanol–water partition coefficient (Wildman–Crippen LogP) is 2.67. The van der Waals surface area contributed by atoms with Crippen LogP contribution >= 0.6 is 0 Å². The summed E-state index contributed by atoms with van der Waals surface area (Å²) in [5, 5.41) is 12.3. The minimum atomic E-state index is -0.647. The molecule has 1 aromatic rings. The largest absolute Gasteiger partial charge is 0.444 e. The summed E-state index contributed by atoms with van der Waals surface area (Å²) >= 11 is 0. The Kier molecular flexibility index (Phi) is 4.90. The number of aromatic nitrogens is 1. The van der Waals surface area contributed by atoms with Crippen LogP contribution in [0.2, 0.25) is 0 Å². The average Bonchev–Trinajstić information content (AvgIpc) is 2.39. The second-order valence-corrected chi connectivity index (χ2v) is 6.74. The van der Waals surface area contributed by atoms with Crippen molar-refractivity contribution in [3.05, 3.63) is 28.7 Å². The monoisotopic (exact) mass is 308 g/mol. The van der Waals surface area contributed by atoms with Gasteiger partial charge in [0.25, 0.3) is 5.56 Å². The lowest BCUT2D eigenvalue weighted by atomic mass is 9.93. The van der Waals surface area contributed by atoms with Crippen LogP contribution in [-0.2, 0) is 4.74 Å². The fourth-order valence-corrected chi connectivity index (χ4v) is 2.70. The number of hydrogen-bond donors (Lipinski definition) is 2. The zero-order valence-electron chi connectivity index (χ0n) is 13.3. The van der Waals surface area contributed by atoms with Crippen molar-refractivity contribution in [2.45, 2.75) is 64.2 Å². The van der Waals surface area contributed by atoms with E-state index in [-0.39, 0.29) is 23.4 Å². The molecule has 1 aliphatic rings. The number of aliphatic hydroxyl groups is 1. The van der Waals surface area contributed by atoms with E-state index in [2.05, 4.69) is 5.32 Å². The molecular weight excluding hydrogens is 284 g/mol. The summed E-state index contributed by atoms with van der Waals surface area (Å²) in [4.78, 5) is 24.3. The molecular formula is C16H24N2O4. The molecule has 0 radical (unpaired) electrons. The van der Waals surface area contributed by atoms with E-state index in [4.69, 9.17) is 4.74 Å². The number of nitrogens with zero attached hydrogens (tertiary/aromatic N) is 1. The lowest BCUT2D eigenvalue weighted by molar-refractivity contribution is 0.0635. The highest BCUT2D eigenvalue weighted by Gasteiger charge is 2.23. The Bertz CT molecular complexity index is 589. The average molecular weight is 308 g/mol. The third-order valence-electron chi connectivity index (χ3n) is 3.62. The number of rotatable bonds is 2. The van der Waals surface area contributed by atoms with E-state index < -0.39 is 11.7 Å². The van der Waals surface area contributed by atoms with Crippen LogP contribution < -0.4 is 10.9 Å². The standard InChI is InChI=1S/C16H24N2O4/c1-16(2,3)22-15(21)17-13-8-5-9-18(14(13)20)11-6-4-7-12(19)10-11/h5,8-9,11-12,19H,4,6-7,10H2,1-3H3,(H,17,21)/t11-,12-/m1/s1. The summed E-state index contributed by atoms with van der Waals surface area (Å²) in [6, 6.07) is 3.24. The van der Waals surface area contributed by atoms with Gasteiger partial charge < -0.3 is 14.4 Å². The Balaban J connectivity index is 2.15. The zero-order valence-corrected chi connectivity index (χ0v) is 13.3. The highest BCUT2D eigenvalue weighted by atomic mass is 16.6. The van der Waals surface area contributed by atoms with Crippen molar-refractivity contribution >= 4 is 11.8 Å². The molecule has 22 heavy (non-hydrogen) atoms. The Morgan fingerprint density at radius 3 is 2.77 bits per heavy atom. The smallest absolute Gasteiger partial charge is 0.412 e. The molecule has 1 saturated carbocycles. The maximum Gasteiger partial charge on any atom is 0.412 e. The number of aliphatic hydroxyl groups excluding tert-OH is 1. The highest BCUT2D eigenvalue weighted by Crippen LogP contribution is 2.27. The Morgan fingerprint density at radius 2 is 2.14 bits per heavy atom. The topological polar surface area (TPSA) is 80.6 Å². The summed E-state index contributed by atoms with van der Waals surface area (Å²) < 4.78 is 6.75. The van der Waals surface area contributed by atoms with E-state index in [1.54, 1.807) is 43.7 Å². The van der Waals surface area contributed by atoms with Gasteiger partial charge in [-0.15, -0.1) is 0 Å². The maximum absolute atomic E-state index is 12.5. The van der Waals surface area contributed by atoms with Gasteiger partial charge in [-0.05, 0) is 58.6 Å². The fourth-order valence-electron chi connectivity index (χ4n) is 2.70. The van der Waals surface area contributed by atoms with Crippen LogP contribution in [0.15, 0.2) is 23.1 Å². The molecule has 6 nitrogen and oxygen atoms in total. The zero-order chi connectivity index (χ0) is 16.3. The van der Waals surface area contributed by atoms with E-state index in [0.717, 1.165) is 19.3 Å². The minimum absolute atomic E-state index is 0.0309. The van der Waals surface area contributed by atoms with E-state index in [1.807, 2.05) is 0 Å². The Labute approximate surface area is 130 Å². The molecule has 0 saturated heterocycles. The predicted molar refractivity (Wildman–Crippen MR) is 84.1 cm³/mol. The van der Waals surface area contributed by atoms with Crippen LogP contribution in [0.25, 0.3) is 0 Å². The molecule has 1 aliphatic carbocycles. The molecule has 0 aromatic carbocycles. The maximum atomic E-state index is 12.5. The van der Waals surface area contributed by atoms with Gasteiger partial charge in [0.15, 0.2) is 0 Å². The molecule has 2 atom stereocenters. The first-order valence-electron chi connectivity index (χ1n) is 7.65. The van der Waals surface area contributed by atoms with Gasteiger partial charge >= 0.3 is 6.09 Å². The third kappa shape index (κ3) is 4.34. The first-order valence-corrected chi connectivity index (χ1v) is 7.65. The van der Waals surface area contributed by atoms with Crippen molar-refractivity contribution in [1.29, 1.82) is 0 Å². The molecule has 0 spiro atoms. The van der Waals surface area contributed by atoms with Crippen molar-refractivity contribution in [2.24, 2.45) is 0 Å². The molecule has 1 aromatic heterocycles. The number of amides is 1. The second kappa shape index (κ2) is 6.52. The van der Waals surface area contributed by atoms with Crippen LogP contribution in [0.5, 0.6) is 0 Å². The van der Waals surface area contributed by atoms with Crippen molar-refractivity contribution in [3.8, 4) is 0 Å². The van der Waals surface area contributed by atoms with Crippen molar-refractivity contribution in [3.63, 3.8) is 0 Å². The molecule has 1 amide bonds. The van der Waals surface area contributed by atoms with Crippen molar-refractivity contribution in [1.82, 2.24) is 4.57 Å². The van der Waals surface area contributed by atoms with Crippen molar-refractivity contribution in [2.75, 3.05) is 5.32 Å². The first-order chi connectivity index (χ1) is 10.3. The summed E-state index contributed by atoms with van der Waals surface area (Å²) in [7, 11) is 0. The fraction of sp³-hybridized carbons (Fsp3) is 0.625. The molecule has 2 N–H and O–H groups in total. The minimum Gasteiger partial charge on any atom is -0.444 e. The summed E-state index contributed by atoms with van der Waals surface area (Å²) in [5.41, 5.74) is -0.699. The van der Waals surface area contributed by atoms with Gasteiger partial charge in [-0.25, -0.2) is 4.79 Å². The first kappa shape index (κ1) is 16.5. The number of ether oxygens (including phenoxy) is 1. The summed E-state index contributed by atoms with van der Waals surface area (Å²) in [5.74, 6) is 0. The molecule has 0 unspecified atom stereocenters. The van der Waals surface area contributed by atoms with Gasteiger partial charge in [-0.1, -0.05) is 0 Å². The number of pyridine rings is 1. The number of anilines is 1. The third-order valence-corrected chi connectivity index (χ3v) is 3.62. The van der Waals surface area contributed by atoms with Gasteiger partial charge in [0, 0.05) is 12.2 Å². The number of carbonyl (C=O) groups excluding carboxylic acids is 1. The van der Waals surface area contributed by atoms with Gasteiger partial charge in [0.05, 0.1) is 6.10 Å². The van der Waals surface area contributed by atoms with Crippen LogP contribution in [0.3, 0.4) is 0 Å². The Morgan fingerprint density at radius 1 is 1.41 bits per heavy atom. The van der Waals surface area contributed by atoms with Crippen LogP contribution in [0.1, 0.15) is 52.5 Å². The van der Waals surface area contributed by atoms with Gasteiger partial charge in [-0.3, -0.25) is 10.1 Å². The summed E-state index contributed by atoms with van der Waals surface area (Å²) in [6.07, 6.45) is 3.77. The number of nitrogens with one attached hydrogen (secondary N) is 1. The lowest BCUT2D eigenvalue weighted by Gasteiger charge is -2.27. The number of carbonyl (C=O) groups is 1. The van der Waals surface area contributed by atoms with Gasteiger partial charge in [0.1, 0.15) is 11.3 Å². The molecule has 6 heteroatoms. The quantitative estimate of drug-likeness (QED) is 0.880. The van der Waals surface area contributed by atoms with Crippen LogP contribution in [-0.4, -0.2) is 27.5 Å². The second-order valence-electron chi connectivity index (χ2n) is 6.74. The molecule has 1 heterocycles. The van der Waals surface area contributed by atoms with E-state index >= 15 is 0 Å². The lowest BCUT2D eigenvalue weighted by Crippen LogP contribution is -2.33. The van der Waals surface area contributed by atoms with E-state index in [1.165, 1.54) is 0 Å². The SMILES string of the molecule is CC(C)(C)OC(=O)Nc1cccn([C@@H]2CCC[C@@H](O)C2)c1=O. The molecule has 2 rings (SSSR count).